The lowest BCUT2D eigenvalue weighted by Gasteiger charge is -2.33. The molecule has 0 amide bonds. The zero-order valence-electron chi connectivity index (χ0n) is 8.48. The van der Waals surface area contributed by atoms with E-state index in [1.807, 2.05) is 0 Å². The fraction of sp³-hybridized carbons (Fsp3) is 0.455. The number of hydrogen-bond donors (Lipinski definition) is 1. The minimum atomic E-state index is 1.04. The summed E-state index contributed by atoms with van der Waals surface area (Å²) in [7, 11) is 0. The van der Waals surface area contributed by atoms with Gasteiger partial charge < -0.3 is 4.90 Å². The van der Waals surface area contributed by atoms with Gasteiger partial charge in [-0.1, -0.05) is 30.5 Å². The van der Waals surface area contributed by atoms with Crippen LogP contribution in [0.5, 0.6) is 0 Å². The average molecular weight is 208 g/mol. The van der Waals surface area contributed by atoms with Crippen LogP contribution in [0.3, 0.4) is 0 Å². The first-order valence-electron chi connectivity index (χ1n) is 5.01. The van der Waals surface area contributed by atoms with Gasteiger partial charge in [0.2, 0.25) is 0 Å². The zero-order chi connectivity index (χ0) is 9.97. The second-order valence-electron chi connectivity index (χ2n) is 3.78. The van der Waals surface area contributed by atoms with Crippen molar-refractivity contribution >= 4 is 18.5 Å². The van der Waals surface area contributed by atoms with Crippen LogP contribution in [-0.2, 0) is 0 Å². The van der Waals surface area contributed by atoms with Crippen LogP contribution in [-0.4, -0.2) is 30.5 Å². The molecular weight excluding hydrogens is 192 g/mol. The van der Waals surface area contributed by atoms with Crippen LogP contribution in [0.25, 0.3) is 0 Å². The van der Waals surface area contributed by atoms with Crippen molar-refractivity contribution in [2.45, 2.75) is 6.92 Å². The summed E-state index contributed by atoms with van der Waals surface area (Å²) in [5, 5.41) is 0. The van der Waals surface area contributed by atoms with E-state index in [1.54, 1.807) is 0 Å². The number of aryl methyl sites for hydroxylation is 1. The Labute approximate surface area is 91.1 Å². The van der Waals surface area contributed by atoms with Gasteiger partial charge in [-0.15, -0.1) is 0 Å². The van der Waals surface area contributed by atoms with E-state index < -0.39 is 0 Å². The minimum Gasteiger partial charge on any atom is -0.369 e. The van der Waals surface area contributed by atoms with Gasteiger partial charge in [0.1, 0.15) is 0 Å². The first-order valence-corrected chi connectivity index (χ1v) is 5.41. The molecule has 1 aliphatic heterocycles. The van der Waals surface area contributed by atoms with Crippen LogP contribution in [0.4, 0.5) is 5.69 Å². The molecule has 76 valence electrons. The lowest BCUT2D eigenvalue weighted by atomic mass is 10.2. The van der Waals surface area contributed by atoms with E-state index in [9.17, 15) is 0 Å². The lowest BCUT2D eigenvalue weighted by Crippen LogP contribution is -2.42. The van der Waals surface area contributed by atoms with Gasteiger partial charge in [-0.3, -0.25) is 0 Å². The van der Waals surface area contributed by atoms with E-state index in [1.165, 1.54) is 11.3 Å². The van der Waals surface area contributed by atoms with Gasteiger partial charge in [0, 0.05) is 31.9 Å². The Kier molecular flexibility index (Phi) is 2.99. The maximum atomic E-state index is 4.34. The Balaban J connectivity index is 2.05. The molecule has 1 saturated heterocycles. The molecule has 1 heterocycles. The van der Waals surface area contributed by atoms with Crippen molar-refractivity contribution in [3.8, 4) is 0 Å². The summed E-state index contributed by atoms with van der Waals surface area (Å²) >= 11 is 4.34. The third-order valence-corrected chi connectivity index (χ3v) is 3.06. The van der Waals surface area contributed by atoms with E-state index in [2.05, 4.69) is 53.2 Å². The molecule has 0 saturated carbocycles. The van der Waals surface area contributed by atoms with Crippen molar-refractivity contribution in [3.63, 3.8) is 0 Å². The van der Waals surface area contributed by atoms with E-state index in [0.717, 1.165) is 26.2 Å². The Morgan fingerprint density at radius 1 is 1.00 bits per heavy atom. The highest BCUT2D eigenvalue weighted by molar-refractivity contribution is 7.77. The zero-order valence-corrected chi connectivity index (χ0v) is 9.37. The molecule has 1 aromatic rings. The van der Waals surface area contributed by atoms with Crippen molar-refractivity contribution < 1.29 is 0 Å². The predicted octanol–water partition coefficient (Wildman–Crippen LogP) is 1.96. The standard InChI is InChI=1S/C11H16N2S/c1-10-2-4-11(5-3-10)12-6-8-13(14)9-7-12/h2-5,14H,6-9H2,1H3. The Morgan fingerprint density at radius 2 is 1.57 bits per heavy atom. The molecule has 0 aromatic heterocycles. The molecule has 1 aromatic carbocycles. The predicted molar refractivity (Wildman–Crippen MR) is 64.0 cm³/mol. The van der Waals surface area contributed by atoms with Gasteiger partial charge in [0.05, 0.1) is 0 Å². The van der Waals surface area contributed by atoms with Crippen LogP contribution >= 0.6 is 12.8 Å². The molecule has 0 atom stereocenters. The van der Waals surface area contributed by atoms with Crippen LogP contribution in [0.2, 0.25) is 0 Å². The van der Waals surface area contributed by atoms with E-state index >= 15 is 0 Å². The van der Waals surface area contributed by atoms with Crippen LogP contribution in [0, 0.1) is 6.92 Å². The van der Waals surface area contributed by atoms with Gasteiger partial charge in [0.25, 0.3) is 0 Å². The molecule has 3 heteroatoms. The van der Waals surface area contributed by atoms with Gasteiger partial charge in [-0.2, -0.15) is 0 Å². The number of nitrogens with zero attached hydrogens (tertiary/aromatic N) is 2. The number of thiol groups is 1. The molecule has 1 aliphatic rings. The second-order valence-corrected chi connectivity index (χ2v) is 4.34. The quantitative estimate of drug-likeness (QED) is 0.705. The Morgan fingerprint density at radius 3 is 2.14 bits per heavy atom. The van der Waals surface area contributed by atoms with Gasteiger partial charge >= 0.3 is 0 Å². The molecule has 0 spiro atoms. The molecule has 0 radical (unpaired) electrons. The SMILES string of the molecule is Cc1ccc(N2CCN(S)CC2)cc1. The van der Waals surface area contributed by atoms with E-state index in [0.29, 0.717) is 0 Å². The summed E-state index contributed by atoms with van der Waals surface area (Å²) in [4.78, 5) is 2.41. The smallest absolute Gasteiger partial charge is 0.0367 e. The lowest BCUT2D eigenvalue weighted by molar-refractivity contribution is 0.434. The number of piperazine rings is 1. The van der Waals surface area contributed by atoms with Gasteiger partial charge in [-0.25, -0.2) is 4.31 Å². The molecule has 2 nitrogen and oxygen atoms in total. The van der Waals surface area contributed by atoms with Crippen molar-refractivity contribution in [1.29, 1.82) is 0 Å². The third kappa shape index (κ3) is 2.22. The molecule has 0 bridgehead atoms. The minimum absolute atomic E-state index is 1.04. The highest BCUT2D eigenvalue weighted by atomic mass is 32.1. The molecule has 0 aliphatic carbocycles. The highest BCUT2D eigenvalue weighted by Gasteiger charge is 2.14. The van der Waals surface area contributed by atoms with Crippen LogP contribution in [0.15, 0.2) is 24.3 Å². The molecule has 0 N–H and O–H groups in total. The number of rotatable bonds is 1. The van der Waals surface area contributed by atoms with Crippen LogP contribution in [0.1, 0.15) is 5.56 Å². The molecule has 14 heavy (non-hydrogen) atoms. The summed E-state index contributed by atoms with van der Waals surface area (Å²) in [5.74, 6) is 0. The number of hydrogen-bond acceptors (Lipinski definition) is 3. The number of benzene rings is 1. The van der Waals surface area contributed by atoms with Crippen molar-refractivity contribution in [3.05, 3.63) is 29.8 Å². The highest BCUT2D eigenvalue weighted by Crippen LogP contribution is 2.17. The second kappa shape index (κ2) is 4.24. The molecular formula is C11H16N2S. The maximum Gasteiger partial charge on any atom is 0.0367 e. The fourth-order valence-corrected chi connectivity index (χ4v) is 1.89. The Bertz CT molecular complexity index is 289. The largest absolute Gasteiger partial charge is 0.369 e. The summed E-state index contributed by atoms with van der Waals surface area (Å²) in [5.41, 5.74) is 2.65. The topological polar surface area (TPSA) is 6.48 Å². The van der Waals surface area contributed by atoms with Gasteiger partial charge in [0.15, 0.2) is 0 Å². The molecule has 0 unspecified atom stereocenters. The normalized spacial score (nSPS) is 18.6. The summed E-state index contributed by atoms with van der Waals surface area (Å²) in [6, 6.07) is 8.73. The molecule has 2 rings (SSSR count). The number of anilines is 1. The van der Waals surface area contributed by atoms with E-state index in [4.69, 9.17) is 0 Å². The first-order chi connectivity index (χ1) is 6.75. The summed E-state index contributed by atoms with van der Waals surface area (Å²) < 4.78 is 2.07. The Hall–Kier alpha value is -0.670. The monoisotopic (exact) mass is 208 g/mol. The summed E-state index contributed by atoms with van der Waals surface area (Å²) in [6.07, 6.45) is 0. The van der Waals surface area contributed by atoms with Crippen molar-refractivity contribution in [2.24, 2.45) is 0 Å². The van der Waals surface area contributed by atoms with Gasteiger partial charge in [-0.05, 0) is 19.1 Å². The summed E-state index contributed by atoms with van der Waals surface area (Å²) in [6.45, 7) is 6.35. The first kappa shape index (κ1) is 9.87. The van der Waals surface area contributed by atoms with Crippen molar-refractivity contribution in [1.82, 2.24) is 4.31 Å². The van der Waals surface area contributed by atoms with E-state index in [-0.39, 0.29) is 0 Å². The molecule has 1 fully saturated rings. The fourth-order valence-electron chi connectivity index (χ4n) is 1.71. The van der Waals surface area contributed by atoms with Crippen molar-refractivity contribution in [2.75, 3.05) is 31.1 Å². The average Bonchev–Trinajstić information content (AvgIpc) is 2.21. The van der Waals surface area contributed by atoms with Crippen LogP contribution < -0.4 is 4.90 Å². The third-order valence-electron chi connectivity index (χ3n) is 2.66. The maximum absolute atomic E-state index is 4.34.